The molecule has 3 rings (SSSR count). The molecule has 0 spiro atoms. The van der Waals surface area contributed by atoms with Gasteiger partial charge in [0.05, 0.1) is 6.20 Å². The summed E-state index contributed by atoms with van der Waals surface area (Å²) in [5, 5.41) is 7.64. The lowest BCUT2D eigenvalue weighted by molar-refractivity contribution is 0.707. The molecular formula is C10H12N4. The third kappa shape index (κ3) is 1.11. The lowest BCUT2D eigenvalue weighted by Gasteiger charge is -1.97. The van der Waals surface area contributed by atoms with E-state index in [4.69, 9.17) is 0 Å². The summed E-state index contributed by atoms with van der Waals surface area (Å²) in [5.41, 5.74) is 3.77. The Morgan fingerprint density at radius 3 is 3.14 bits per heavy atom. The van der Waals surface area contributed by atoms with Crippen LogP contribution in [0.3, 0.4) is 0 Å². The molecule has 4 nitrogen and oxygen atoms in total. The van der Waals surface area contributed by atoms with Crippen molar-refractivity contribution in [2.75, 3.05) is 13.1 Å². The summed E-state index contributed by atoms with van der Waals surface area (Å²) >= 11 is 0. The molecule has 1 aliphatic heterocycles. The minimum atomic E-state index is 1.02. The fourth-order valence-electron chi connectivity index (χ4n) is 2.05. The van der Waals surface area contributed by atoms with Crippen LogP contribution >= 0.6 is 0 Å². The molecule has 0 fully saturated rings. The predicted octanol–water partition coefficient (Wildman–Crippen LogP) is 0.417. The Morgan fingerprint density at radius 1 is 1.21 bits per heavy atom. The molecule has 3 heterocycles. The van der Waals surface area contributed by atoms with Gasteiger partial charge < -0.3 is 5.32 Å². The van der Waals surface area contributed by atoms with Gasteiger partial charge in [0.25, 0.3) is 0 Å². The average Bonchev–Trinajstić information content (AvgIpc) is 2.42. The average molecular weight is 188 g/mol. The van der Waals surface area contributed by atoms with Crippen LogP contribution in [0.25, 0.3) is 5.65 Å². The van der Waals surface area contributed by atoms with E-state index in [9.17, 15) is 0 Å². The van der Waals surface area contributed by atoms with Crippen LogP contribution in [-0.4, -0.2) is 27.7 Å². The zero-order valence-electron chi connectivity index (χ0n) is 7.90. The van der Waals surface area contributed by atoms with Gasteiger partial charge in [-0.3, -0.25) is 0 Å². The van der Waals surface area contributed by atoms with E-state index in [0.717, 1.165) is 31.6 Å². The summed E-state index contributed by atoms with van der Waals surface area (Å²) in [6.07, 6.45) is 7.73. The van der Waals surface area contributed by atoms with Crippen LogP contribution < -0.4 is 5.32 Å². The van der Waals surface area contributed by atoms with Gasteiger partial charge >= 0.3 is 0 Å². The Balaban J connectivity index is 2.24. The van der Waals surface area contributed by atoms with Gasteiger partial charge in [-0.25, -0.2) is 9.50 Å². The quantitative estimate of drug-likeness (QED) is 0.651. The molecule has 0 aliphatic carbocycles. The summed E-state index contributed by atoms with van der Waals surface area (Å²) in [7, 11) is 0. The van der Waals surface area contributed by atoms with Crippen molar-refractivity contribution in [1.29, 1.82) is 0 Å². The van der Waals surface area contributed by atoms with Crippen LogP contribution in [0.5, 0.6) is 0 Å². The summed E-state index contributed by atoms with van der Waals surface area (Å²) < 4.78 is 1.88. The van der Waals surface area contributed by atoms with Crippen molar-refractivity contribution in [1.82, 2.24) is 19.9 Å². The minimum Gasteiger partial charge on any atom is -0.316 e. The van der Waals surface area contributed by atoms with Gasteiger partial charge in [0.1, 0.15) is 0 Å². The number of rotatable bonds is 0. The standard InChI is InChI=1S/C10H12N4/c1-3-11-4-2-9-8(1)7-14-10(9)12-5-6-13-14/h5-7,11H,1-4H2. The van der Waals surface area contributed by atoms with Crippen molar-refractivity contribution >= 4 is 5.65 Å². The Kier molecular flexibility index (Phi) is 1.73. The van der Waals surface area contributed by atoms with Crippen molar-refractivity contribution in [3.63, 3.8) is 0 Å². The molecule has 0 saturated carbocycles. The summed E-state index contributed by atoms with van der Waals surface area (Å²) in [6, 6.07) is 0. The third-order valence-electron chi connectivity index (χ3n) is 2.73. The molecule has 1 N–H and O–H groups in total. The van der Waals surface area contributed by atoms with E-state index in [1.807, 2.05) is 4.52 Å². The first-order valence-corrected chi connectivity index (χ1v) is 4.96. The summed E-state index contributed by atoms with van der Waals surface area (Å²) in [5.74, 6) is 0. The van der Waals surface area contributed by atoms with Gasteiger partial charge in [-0.05, 0) is 31.5 Å². The second-order valence-electron chi connectivity index (χ2n) is 3.59. The monoisotopic (exact) mass is 188 g/mol. The first-order valence-electron chi connectivity index (χ1n) is 4.96. The maximum absolute atomic E-state index is 4.37. The number of aromatic nitrogens is 3. The fraction of sp³-hybridized carbons (Fsp3) is 0.400. The van der Waals surface area contributed by atoms with Crippen LogP contribution in [0.4, 0.5) is 0 Å². The highest BCUT2D eigenvalue weighted by Gasteiger charge is 2.13. The zero-order chi connectivity index (χ0) is 9.38. The molecule has 0 saturated heterocycles. The van der Waals surface area contributed by atoms with Crippen LogP contribution in [-0.2, 0) is 12.8 Å². The predicted molar refractivity (Wildman–Crippen MR) is 53.3 cm³/mol. The molecule has 72 valence electrons. The van der Waals surface area contributed by atoms with Gasteiger partial charge in [-0.15, -0.1) is 0 Å². The third-order valence-corrected chi connectivity index (χ3v) is 2.73. The van der Waals surface area contributed by atoms with Crippen LogP contribution in [0.15, 0.2) is 18.6 Å². The van der Waals surface area contributed by atoms with Crippen molar-refractivity contribution < 1.29 is 0 Å². The Labute approximate surface area is 82.0 Å². The molecule has 2 aromatic rings. The van der Waals surface area contributed by atoms with Crippen molar-refractivity contribution in [3.8, 4) is 0 Å². The second-order valence-corrected chi connectivity index (χ2v) is 3.59. The lowest BCUT2D eigenvalue weighted by atomic mass is 10.1. The molecule has 0 bridgehead atoms. The molecule has 4 heteroatoms. The summed E-state index contributed by atoms with van der Waals surface area (Å²) in [4.78, 5) is 4.37. The van der Waals surface area contributed by atoms with E-state index < -0.39 is 0 Å². The van der Waals surface area contributed by atoms with Crippen LogP contribution in [0.2, 0.25) is 0 Å². The SMILES string of the molecule is c1cnn2cc3c(c2n1)CCNCC3. The lowest BCUT2D eigenvalue weighted by Crippen LogP contribution is -2.16. The van der Waals surface area contributed by atoms with E-state index >= 15 is 0 Å². The number of hydrogen-bond acceptors (Lipinski definition) is 3. The zero-order valence-corrected chi connectivity index (χ0v) is 7.90. The maximum Gasteiger partial charge on any atom is 0.156 e. The van der Waals surface area contributed by atoms with Crippen molar-refractivity contribution in [3.05, 3.63) is 29.7 Å². The topological polar surface area (TPSA) is 42.2 Å². The Hall–Kier alpha value is -1.42. The van der Waals surface area contributed by atoms with Crippen molar-refractivity contribution in [2.45, 2.75) is 12.8 Å². The number of fused-ring (bicyclic) bond motifs is 3. The highest BCUT2D eigenvalue weighted by Crippen LogP contribution is 2.18. The first-order chi connectivity index (χ1) is 6.95. The molecule has 0 radical (unpaired) electrons. The minimum absolute atomic E-state index is 1.02. The summed E-state index contributed by atoms with van der Waals surface area (Å²) in [6.45, 7) is 2.10. The van der Waals surface area contributed by atoms with Crippen LogP contribution in [0.1, 0.15) is 11.1 Å². The molecule has 0 aromatic carbocycles. The van der Waals surface area contributed by atoms with E-state index in [2.05, 4.69) is 21.6 Å². The Morgan fingerprint density at radius 2 is 2.14 bits per heavy atom. The second kappa shape index (κ2) is 3.06. The van der Waals surface area contributed by atoms with E-state index in [1.54, 1.807) is 12.4 Å². The molecular weight excluding hydrogens is 176 g/mol. The molecule has 0 amide bonds. The highest BCUT2D eigenvalue weighted by molar-refractivity contribution is 5.52. The largest absolute Gasteiger partial charge is 0.316 e. The normalized spacial score (nSPS) is 16.6. The smallest absolute Gasteiger partial charge is 0.156 e. The first kappa shape index (κ1) is 7.94. The number of nitrogens with one attached hydrogen (secondary N) is 1. The van der Waals surface area contributed by atoms with E-state index in [0.29, 0.717) is 0 Å². The fourth-order valence-corrected chi connectivity index (χ4v) is 2.05. The van der Waals surface area contributed by atoms with E-state index in [1.165, 1.54) is 11.1 Å². The number of hydrogen-bond donors (Lipinski definition) is 1. The van der Waals surface area contributed by atoms with Gasteiger partial charge in [-0.2, -0.15) is 5.10 Å². The highest BCUT2D eigenvalue weighted by atomic mass is 15.2. The maximum atomic E-state index is 4.37. The molecule has 2 aromatic heterocycles. The van der Waals surface area contributed by atoms with Crippen molar-refractivity contribution in [2.24, 2.45) is 0 Å². The van der Waals surface area contributed by atoms with Gasteiger partial charge in [0.15, 0.2) is 5.65 Å². The molecule has 0 unspecified atom stereocenters. The van der Waals surface area contributed by atoms with Gasteiger partial charge in [-0.1, -0.05) is 0 Å². The van der Waals surface area contributed by atoms with Crippen LogP contribution in [0, 0.1) is 0 Å². The van der Waals surface area contributed by atoms with E-state index in [-0.39, 0.29) is 0 Å². The number of nitrogens with zero attached hydrogens (tertiary/aromatic N) is 3. The van der Waals surface area contributed by atoms with Gasteiger partial charge in [0, 0.05) is 18.0 Å². The Bertz CT molecular complexity index is 460. The molecule has 1 aliphatic rings. The molecule has 0 atom stereocenters. The van der Waals surface area contributed by atoms with Gasteiger partial charge in [0.2, 0.25) is 0 Å². The molecule has 14 heavy (non-hydrogen) atoms.